The van der Waals surface area contributed by atoms with Crippen molar-refractivity contribution < 1.29 is 14.3 Å². The van der Waals surface area contributed by atoms with Crippen molar-refractivity contribution in [2.45, 2.75) is 44.8 Å². The number of fused-ring (bicyclic) bond motifs is 2. The van der Waals surface area contributed by atoms with Gasteiger partial charge in [-0.3, -0.25) is 9.59 Å². The van der Waals surface area contributed by atoms with Crippen LogP contribution in [0.25, 0.3) is 11.0 Å². The lowest BCUT2D eigenvalue weighted by Crippen LogP contribution is -2.49. The molecule has 8 nitrogen and oxygen atoms in total. The van der Waals surface area contributed by atoms with Gasteiger partial charge in [0.15, 0.2) is 11.8 Å². The highest BCUT2D eigenvalue weighted by Crippen LogP contribution is 2.41. The number of carbonyl (C=O) groups excluding carboxylic acids is 2. The van der Waals surface area contributed by atoms with Crippen molar-refractivity contribution in [1.82, 2.24) is 14.8 Å². The number of para-hydroxylation sites is 2. The first-order valence-corrected chi connectivity index (χ1v) is 10.2. The number of ether oxygens (including phenoxy) is 1. The minimum absolute atomic E-state index is 0.0616. The van der Waals surface area contributed by atoms with Crippen LogP contribution in [0.1, 0.15) is 54.7 Å². The zero-order valence-electron chi connectivity index (χ0n) is 16.9. The minimum Gasteiger partial charge on any atom is -0.477 e. The Hall–Kier alpha value is -3.42. The Labute approximate surface area is 173 Å². The van der Waals surface area contributed by atoms with Crippen LogP contribution < -0.4 is 15.4 Å². The number of amides is 2. The molecule has 1 saturated carbocycles. The molecule has 1 aliphatic carbocycles. The number of pyridine rings is 1. The zero-order valence-corrected chi connectivity index (χ0v) is 16.9. The summed E-state index contributed by atoms with van der Waals surface area (Å²) in [4.78, 5) is 32.0. The summed E-state index contributed by atoms with van der Waals surface area (Å²) in [5.74, 6) is 0.0291. The predicted octanol–water partition coefficient (Wildman–Crippen LogP) is 2.78. The van der Waals surface area contributed by atoms with Crippen molar-refractivity contribution >= 4 is 28.5 Å². The Balaban J connectivity index is 1.65. The Morgan fingerprint density at radius 3 is 2.70 bits per heavy atom. The number of anilines is 1. The topological polar surface area (TPSA) is 103 Å². The molecule has 0 spiro atoms. The number of nitrogens with zero attached hydrogens (tertiary/aromatic N) is 4. The van der Waals surface area contributed by atoms with Crippen molar-refractivity contribution in [3.63, 3.8) is 0 Å². The van der Waals surface area contributed by atoms with Crippen LogP contribution in [0.15, 0.2) is 36.5 Å². The molecule has 2 aliphatic rings. The van der Waals surface area contributed by atoms with Crippen LogP contribution in [0, 0.1) is 0 Å². The normalized spacial score (nSPS) is 18.4. The van der Waals surface area contributed by atoms with Gasteiger partial charge in [0, 0.05) is 17.7 Å². The summed E-state index contributed by atoms with van der Waals surface area (Å²) >= 11 is 0. The number of hydrogen-bond acceptors (Lipinski definition) is 5. The molecule has 1 aliphatic heterocycles. The standard InChI is InChI=1S/C22H23N5O3/c1-12(2)27-21-15(10-24-27)14(9-16(25-21)13-7-8-13)22(29)26-11-19(20(23)28)30-18-6-4-3-5-17(18)26/h3-6,9-10,12-13,19H,7-8,11H2,1-2H3,(H2,23,28)/t19-/m0/s1. The maximum atomic E-state index is 13.8. The minimum atomic E-state index is -0.900. The monoisotopic (exact) mass is 405 g/mol. The van der Waals surface area contributed by atoms with E-state index in [-0.39, 0.29) is 18.5 Å². The molecule has 0 bridgehead atoms. The summed E-state index contributed by atoms with van der Waals surface area (Å²) in [5.41, 5.74) is 8.29. The predicted molar refractivity (Wildman–Crippen MR) is 112 cm³/mol. The SMILES string of the molecule is CC(C)n1ncc2c(C(=O)N3C[C@@H](C(N)=O)Oc4ccccc43)cc(C3CC3)nc21. The second-order valence-electron chi connectivity index (χ2n) is 8.18. The molecule has 0 unspecified atom stereocenters. The maximum absolute atomic E-state index is 13.8. The van der Waals surface area contributed by atoms with Crippen LogP contribution in [0.2, 0.25) is 0 Å². The van der Waals surface area contributed by atoms with Crippen LogP contribution in [-0.2, 0) is 4.79 Å². The van der Waals surface area contributed by atoms with E-state index in [1.807, 2.05) is 36.7 Å². The first kappa shape index (κ1) is 18.6. The van der Waals surface area contributed by atoms with Gasteiger partial charge in [-0.15, -0.1) is 0 Å². The highest BCUT2D eigenvalue weighted by Gasteiger charge is 2.35. The summed E-state index contributed by atoms with van der Waals surface area (Å²) in [6, 6.07) is 9.18. The second-order valence-corrected chi connectivity index (χ2v) is 8.18. The smallest absolute Gasteiger partial charge is 0.260 e. The number of primary amides is 1. The molecular formula is C22H23N5O3. The van der Waals surface area contributed by atoms with Crippen LogP contribution >= 0.6 is 0 Å². The van der Waals surface area contributed by atoms with Crippen LogP contribution in [-0.4, -0.2) is 39.2 Å². The van der Waals surface area contributed by atoms with Gasteiger partial charge in [-0.05, 0) is 44.9 Å². The van der Waals surface area contributed by atoms with Gasteiger partial charge in [0.2, 0.25) is 0 Å². The maximum Gasteiger partial charge on any atom is 0.260 e. The Morgan fingerprint density at radius 2 is 2.00 bits per heavy atom. The van der Waals surface area contributed by atoms with Gasteiger partial charge >= 0.3 is 0 Å². The Bertz CT molecular complexity index is 1160. The molecule has 2 amide bonds. The van der Waals surface area contributed by atoms with Crippen molar-refractivity contribution in [2.24, 2.45) is 5.73 Å². The second kappa shape index (κ2) is 6.83. The van der Waals surface area contributed by atoms with E-state index < -0.39 is 12.0 Å². The fourth-order valence-electron chi connectivity index (χ4n) is 3.90. The van der Waals surface area contributed by atoms with Gasteiger partial charge in [0.25, 0.3) is 11.8 Å². The van der Waals surface area contributed by atoms with Crippen LogP contribution in [0.4, 0.5) is 5.69 Å². The van der Waals surface area contributed by atoms with E-state index in [9.17, 15) is 9.59 Å². The van der Waals surface area contributed by atoms with E-state index >= 15 is 0 Å². The quantitative estimate of drug-likeness (QED) is 0.719. The average molecular weight is 405 g/mol. The van der Waals surface area contributed by atoms with Gasteiger partial charge in [0.1, 0.15) is 5.75 Å². The molecule has 1 aromatic carbocycles. The molecule has 2 aromatic heterocycles. The van der Waals surface area contributed by atoms with Gasteiger partial charge < -0.3 is 15.4 Å². The lowest BCUT2D eigenvalue weighted by Gasteiger charge is -2.33. The molecule has 0 saturated heterocycles. The highest BCUT2D eigenvalue weighted by atomic mass is 16.5. The molecule has 3 heterocycles. The molecular weight excluding hydrogens is 382 g/mol. The molecule has 8 heteroatoms. The highest BCUT2D eigenvalue weighted by molar-refractivity contribution is 6.14. The lowest BCUT2D eigenvalue weighted by atomic mass is 10.1. The van der Waals surface area contributed by atoms with E-state index in [0.29, 0.717) is 34.0 Å². The van der Waals surface area contributed by atoms with Crippen LogP contribution in [0.5, 0.6) is 5.75 Å². The number of hydrogen-bond donors (Lipinski definition) is 1. The molecule has 30 heavy (non-hydrogen) atoms. The first-order chi connectivity index (χ1) is 14.4. The molecule has 1 atom stereocenters. The van der Waals surface area contributed by atoms with Gasteiger partial charge in [0.05, 0.1) is 29.4 Å². The molecule has 3 aromatic rings. The summed E-state index contributed by atoms with van der Waals surface area (Å²) < 4.78 is 7.55. The van der Waals surface area contributed by atoms with Gasteiger partial charge in [-0.2, -0.15) is 5.10 Å². The molecule has 1 fully saturated rings. The third kappa shape index (κ3) is 2.99. The van der Waals surface area contributed by atoms with Crippen molar-refractivity contribution in [3.8, 4) is 5.75 Å². The summed E-state index contributed by atoms with van der Waals surface area (Å²) in [6.45, 7) is 4.14. The molecule has 5 rings (SSSR count). The number of aromatic nitrogens is 3. The third-order valence-corrected chi connectivity index (χ3v) is 5.64. The van der Waals surface area contributed by atoms with Crippen molar-refractivity contribution in [1.29, 1.82) is 0 Å². The number of carbonyl (C=O) groups is 2. The fraction of sp³-hybridized carbons (Fsp3) is 0.364. The Kier molecular flexibility index (Phi) is 4.23. The molecule has 154 valence electrons. The summed E-state index contributed by atoms with van der Waals surface area (Å²) in [6.07, 6.45) is 2.95. The number of rotatable bonds is 4. The lowest BCUT2D eigenvalue weighted by molar-refractivity contribution is -0.124. The molecule has 0 radical (unpaired) electrons. The van der Waals surface area contributed by atoms with Crippen molar-refractivity contribution in [3.05, 3.63) is 47.8 Å². The van der Waals surface area contributed by atoms with Crippen molar-refractivity contribution in [2.75, 3.05) is 11.4 Å². The number of benzene rings is 1. The third-order valence-electron chi connectivity index (χ3n) is 5.64. The number of nitrogens with two attached hydrogens (primary N) is 1. The summed E-state index contributed by atoms with van der Waals surface area (Å²) in [7, 11) is 0. The van der Waals surface area contributed by atoms with E-state index in [0.717, 1.165) is 18.5 Å². The van der Waals surface area contributed by atoms with E-state index in [2.05, 4.69) is 5.10 Å². The first-order valence-electron chi connectivity index (χ1n) is 10.2. The molecule has 2 N–H and O–H groups in total. The largest absolute Gasteiger partial charge is 0.477 e. The van der Waals surface area contributed by atoms with E-state index in [1.165, 1.54) is 0 Å². The summed E-state index contributed by atoms with van der Waals surface area (Å²) in [5, 5.41) is 5.18. The van der Waals surface area contributed by atoms with Gasteiger partial charge in [-0.25, -0.2) is 9.67 Å². The Morgan fingerprint density at radius 1 is 1.23 bits per heavy atom. The van der Waals surface area contributed by atoms with Crippen LogP contribution in [0.3, 0.4) is 0 Å². The fourth-order valence-corrected chi connectivity index (χ4v) is 3.90. The van der Waals surface area contributed by atoms with E-state index in [4.69, 9.17) is 15.5 Å². The van der Waals surface area contributed by atoms with E-state index in [1.54, 1.807) is 23.2 Å². The van der Waals surface area contributed by atoms with Gasteiger partial charge in [-0.1, -0.05) is 12.1 Å². The average Bonchev–Trinajstić information content (AvgIpc) is 3.50. The zero-order chi connectivity index (χ0) is 21.0.